The van der Waals surface area contributed by atoms with Crippen LogP contribution in [0.5, 0.6) is 5.75 Å². The number of phenolic OH excluding ortho intramolecular Hbond substituents is 1. The molecule has 1 N–H and O–H groups in total. The lowest BCUT2D eigenvalue weighted by Crippen LogP contribution is -2.48. The molecule has 1 aliphatic rings. The fourth-order valence-electron chi connectivity index (χ4n) is 2.73. The second-order valence-electron chi connectivity index (χ2n) is 5.72. The number of rotatable bonds is 3. The van der Waals surface area contributed by atoms with E-state index in [1.165, 1.54) is 0 Å². The number of benzene rings is 2. The predicted molar refractivity (Wildman–Crippen MR) is 100 cm³/mol. The maximum Gasteiger partial charge on any atom is 0.246 e. The zero-order valence-electron chi connectivity index (χ0n) is 13.2. The van der Waals surface area contributed by atoms with Crippen molar-refractivity contribution in [2.45, 2.75) is 0 Å². The topological polar surface area (TPSA) is 43.8 Å². The van der Waals surface area contributed by atoms with Gasteiger partial charge in [0.15, 0.2) is 0 Å². The van der Waals surface area contributed by atoms with Crippen LogP contribution >= 0.6 is 15.9 Å². The molecule has 2 aromatic rings. The number of nitrogens with zero attached hydrogens (tertiary/aromatic N) is 2. The van der Waals surface area contributed by atoms with Gasteiger partial charge in [-0.25, -0.2) is 0 Å². The second-order valence-corrected chi connectivity index (χ2v) is 6.63. The summed E-state index contributed by atoms with van der Waals surface area (Å²) < 4.78 is 1.000. The zero-order valence-corrected chi connectivity index (χ0v) is 14.8. The molecule has 124 valence electrons. The molecule has 3 rings (SSSR count). The molecule has 0 radical (unpaired) electrons. The molecule has 1 heterocycles. The van der Waals surface area contributed by atoms with Crippen molar-refractivity contribution in [3.05, 3.63) is 64.6 Å². The number of carbonyl (C=O) groups is 1. The van der Waals surface area contributed by atoms with E-state index in [0.29, 0.717) is 13.1 Å². The molecule has 0 saturated carbocycles. The molecule has 1 saturated heterocycles. The summed E-state index contributed by atoms with van der Waals surface area (Å²) in [6.45, 7) is 2.98. The first-order valence-electron chi connectivity index (χ1n) is 7.88. The fraction of sp³-hybridized carbons (Fsp3) is 0.211. The average Bonchev–Trinajstić information content (AvgIpc) is 2.61. The summed E-state index contributed by atoms with van der Waals surface area (Å²) in [5.74, 6) is 0.311. The summed E-state index contributed by atoms with van der Waals surface area (Å²) in [7, 11) is 0. The third-order valence-electron chi connectivity index (χ3n) is 4.07. The maximum absolute atomic E-state index is 12.3. The van der Waals surface area contributed by atoms with Crippen LogP contribution in [0, 0.1) is 0 Å². The minimum Gasteiger partial charge on any atom is -0.508 e. The Kier molecular flexibility index (Phi) is 5.20. The van der Waals surface area contributed by atoms with Crippen LogP contribution in [-0.4, -0.2) is 42.1 Å². The van der Waals surface area contributed by atoms with E-state index in [1.807, 2.05) is 47.4 Å². The van der Waals surface area contributed by atoms with Crippen LogP contribution in [0.25, 0.3) is 6.08 Å². The standard InChI is InChI=1S/C19H19BrN2O2/c20-16-3-1-2-15(14-16)4-9-19(24)22-12-10-21(11-13-22)17-5-7-18(23)8-6-17/h1-9,14,23H,10-13H2. The van der Waals surface area contributed by atoms with Crippen molar-refractivity contribution in [3.63, 3.8) is 0 Å². The lowest BCUT2D eigenvalue weighted by atomic mass is 10.2. The Hall–Kier alpha value is -2.27. The lowest BCUT2D eigenvalue weighted by Gasteiger charge is -2.35. The fourth-order valence-corrected chi connectivity index (χ4v) is 3.15. The summed E-state index contributed by atoms with van der Waals surface area (Å²) in [6, 6.07) is 15.0. The summed E-state index contributed by atoms with van der Waals surface area (Å²) in [6.07, 6.45) is 3.48. The molecule has 2 aromatic carbocycles. The quantitative estimate of drug-likeness (QED) is 0.820. The van der Waals surface area contributed by atoms with Crippen LogP contribution in [0.3, 0.4) is 0 Å². The van der Waals surface area contributed by atoms with E-state index in [1.54, 1.807) is 18.2 Å². The molecular formula is C19H19BrN2O2. The molecule has 0 bridgehead atoms. The van der Waals surface area contributed by atoms with Gasteiger partial charge < -0.3 is 14.9 Å². The number of halogens is 1. The number of piperazine rings is 1. The van der Waals surface area contributed by atoms with Crippen molar-refractivity contribution >= 4 is 33.6 Å². The largest absolute Gasteiger partial charge is 0.508 e. The highest BCUT2D eigenvalue weighted by atomic mass is 79.9. The average molecular weight is 387 g/mol. The smallest absolute Gasteiger partial charge is 0.246 e. The molecular weight excluding hydrogens is 368 g/mol. The van der Waals surface area contributed by atoms with Gasteiger partial charge in [0.1, 0.15) is 5.75 Å². The van der Waals surface area contributed by atoms with Crippen LogP contribution in [-0.2, 0) is 4.79 Å². The van der Waals surface area contributed by atoms with Gasteiger partial charge in [-0.15, -0.1) is 0 Å². The van der Waals surface area contributed by atoms with Crippen molar-refractivity contribution in [1.29, 1.82) is 0 Å². The van der Waals surface area contributed by atoms with Gasteiger partial charge in [0, 0.05) is 42.4 Å². The van der Waals surface area contributed by atoms with E-state index in [2.05, 4.69) is 20.8 Å². The molecule has 24 heavy (non-hydrogen) atoms. The van der Waals surface area contributed by atoms with Gasteiger partial charge in [-0.05, 0) is 48.0 Å². The number of hydrogen-bond acceptors (Lipinski definition) is 3. The Balaban J connectivity index is 1.56. The van der Waals surface area contributed by atoms with Gasteiger partial charge in [0.05, 0.1) is 0 Å². The highest BCUT2D eigenvalue weighted by Crippen LogP contribution is 2.20. The molecule has 0 aromatic heterocycles. The van der Waals surface area contributed by atoms with Crippen LogP contribution < -0.4 is 4.90 Å². The molecule has 0 aliphatic carbocycles. The number of carbonyl (C=O) groups excluding carboxylic acids is 1. The van der Waals surface area contributed by atoms with E-state index >= 15 is 0 Å². The first-order chi connectivity index (χ1) is 11.6. The van der Waals surface area contributed by atoms with Crippen LogP contribution in [0.15, 0.2) is 59.1 Å². The summed E-state index contributed by atoms with van der Waals surface area (Å²) >= 11 is 3.43. The number of phenols is 1. The monoisotopic (exact) mass is 386 g/mol. The minimum absolute atomic E-state index is 0.0420. The SMILES string of the molecule is O=C(C=Cc1cccc(Br)c1)N1CCN(c2ccc(O)cc2)CC1. The predicted octanol–water partition coefficient (Wildman–Crippen LogP) is 3.52. The normalized spacial score (nSPS) is 15.0. The Morgan fingerprint density at radius 3 is 2.42 bits per heavy atom. The third-order valence-corrected chi connectivity index (χ3v) is 4.57. The van der Waals surface area contributed by atoms with E-state index < -0.39 is 0 Å². The first-order valence-corrected chi connectivity index (χ1v) is 8.68. The molecule has 1 fully saturated rings. The molecule has 5 heteroatoms. The number of aromatic hydroxyl groups is 1. The summed E-state index contributed by atoms with van der Waals surface area (Å²) in [5, 5.41) is 9.36. The molecule has 4 nitrogen and oxygen atoms in total. The Bertz CT molecular complexity index is 735. The van der Waals surface area contributed by atoms with Crippen molar-refractivity contribution < 1.29 is 9.90 Å². The Labute approximate surface area is 150 Å². The summed E-state index contributed by atoms with van der Waals surface area (Å²) in [4.78, 5) is 16.4. The molecule has 0 unspecified atom stereocenters. The van der Waals surface area contributed by atoms with Crippen molar-refractivity contribution in [2.24, 2.45) is 0 Å². The molecule has 1 aliphatic heterocycles. The number of hydrogen-bond donors (Lipinski definition) is 1. The zero-order chi connectivity index (χ0) is 16.9. The molecule has 0 atom stereocenters. The van der Waals surface area contributed by atoms with Crippen molar-refractivity contribution in [3.8, 4) is 5.75 Å². The Morgan fingerprint density at radius 2 is 1.75 bits per heavy atom. The molecule has 0 spiro atoms. The van der Waals surface area contributed by atoms with E-state index in [0.717, 1.165) is 28.8 Å². The Morgan fingerprint density at radius 1 is 1.04 bits per heavy atom. The van der Waals surface area contributed by atoms with Gasteiger partial charge in [-0.3, -0.25) is 4.79 Å². The van der Waals surface area contributed by atoms with Crippen LogP contribution in [0.2, 0.25) is 0 Å². The molecule has 1 amide bonds. The van der Waals surface area contributed by atoms with Gasteiger partial charge in [-0.1, -0.05) is 28.1 Å². The number of anilines is 1. The second kappa shape index (κ2) is 7.53. The van der Waals surface area contributed by atoms with E-state index in [-0.39, 0.29) is 11.7 Å². The van der Waals surface area contributed by atoms with Gasteiger partial charge in [-0.2, -0.15) is 0 Å². The van der Waals surface area contributed by atoms with Gasteiger partial charge >= 0.3 is 0 Å². The van der Waals surface area contributed by atoms with Gasteiger partial charge in [0.25, 0.3) is 0 Å². The van der Waals surface area contributed by atoms with Crippen LogP contribution in [0.1, 0.15) is 5.56 Å². The highest BCUT2D eigenvalue weighted by molar-refractivity contribution is 9.10. The minimum atomic E-state index is 0.0420. The first kappa shape index (κ1) is 16.6. The number of amides is 1. The lowest BCUT2D eigenvalue weighted by molar-refractivity contribution is -0.126. The third kappa shape index (κ3) is 4.17. The maximum atomic E-state index is 12.3. The van der Waals surface area contributed by atoms with Crippen molar-refractivity contribution in [1.82, 2.24) is 4.90 Å². The van der Waals surface area contributed by atoms with Crippen LogP contribution in [0.4, 0.5) is 5.69 Å². The van der Waals surface area contributed by atoms with E-state index in [9.17, 15) is 9.90 Å². The summed E-state index contributed by atoms with van der Waals surface area (Å²) in [5.41, 5.74) is 2.07. The highest BCUT2D eigenvalue weighted by Gasteiger charge is 2.19. The van der Waals surface area contributed by atoms with E-state index in [4.69, 9.17) is 0 Å². The van der Waals surface area contributed by atoms with Gasteiger partial charge in [0.2, 0.25) is 5.91 Å². The van der Waals surface area contributed by atoms with Crippen molar-refractivity contribution in [2.75, 3.05) is 31.1 Å².